The maximum atomic E-state index is 12.1. The van der Waals surface area contributed by atoms with Crippen molar-refractivity contribution < 1.29 is 4.79 Å². The van der Waals surface area contributed by atoms with Crippen molar-refractivity contribution in [1.29, 1.82) is 0 Å². The van der Waals surface area contributed by atoms with Gasteiger partial charge in [0.05, 0.1) is 18.1 Å². The Balaban J connectivity index is 1.37. The molecule has 2 fully saturated rings. The summed E-state index contributed by atoms with van der Waals surface area (Å²) in [6.45, 7) is 0. The van der Waals surface area contributed by atoms with Gasteiger partial charge in [-0.05, 0) is 61.8 Å². The second kappa shape index (κ2) is 5.44. The van der Waals surface area contributed by atoms with Gasteiger partial charge >= 0.3 is 6.03 Å². The molecule has 1 aromatic heterocycles. The molecule has 22 heavy (non-hydrogen) atoms. The Morgan fingerprint density at radius 2 is 1.64 bits per heavy atom. The quantitative estimate of drug-likeness (QED) is 0.891. The molecule has 1 aromatic carbocycles. The first-order valence-electron chi connectivity index (χ1n) is 7.84. The number of carbonyl (C=O) groups is 1. The van der Waals surface area contributed by atoms with Crippen LogP contribution >= 0.6 is 0 Å². The molecule has 0 spiro atoms. The van der Waals surface area contributed by atoms with Crippen LogP contribution in [0.3, 0.4) is 0 Å². The largest absolute Gasteiger partial charge is 0.335 e. The molecule has 1 heterocycles. The molecule has 2 saturated carbocycles. The van der Waals surface area contributed by atoms with Crippen molar-refractivity contribution in [3.8, 4) is 5.69 Å². The van der Waals surface area contributed by atoms with Crippen LogP contribution in [0.2, 0.25) is 0 Å². The highest BCUT2D eigenvalue weighted by atomic mass is 16.2. The van der Waals surface area contributed by atoms with Gasteiger partial charge < -0.3 is 10.6 Å². The number of carbonyl (C=O) groups excluding carboxylic acids is 1. The van der Waals surface area contributed by atoms with Crippen LogP contribution in [0, 0.1) is 11.8 Å². The van der Waals surface area contributed by atoms with Crippen LogP contribution in [0.4, 0.5) is 10.5 Å². The fraction of sp³-hybridized carbons (Fsp3) is 0.438. The molecule has 0 bridgehead atoms. The number of hydrogen-bond acceptors (Lipinski definition) is 3. The summed E-state index contributed by atoms with van der Waals surface area (Å²) in [5, 5.41) is 14.2. The predicted octanol–water partition coefficient (Wildman–Crippen LogP) is 2.58. The van der Waals surface area contributed by atoms with E-state index < -0.39 is 0 Å². The van der Waals surface area contributed by atoms with Gasteiger partial charge in [-0.25, -0.2) is 4.79 Å². The molecule has 0 unspecified atom stereocenters. The minimum atomic E-state index is -0.103. The Bertz CT molecular complexity index is 632. The highest BCUT2D eigenvalue weighted by molar-refractivity contribution is 5.89. The van der Waals surface area contributed by atoms with Gasteiger partial charge in [-0.2, -0.15) is 15.0 Å². The zero-order valence-corrected chi connectivity index (χ0v) is 12.3. The molecule has 114 valence electrons. The lowest BCUT2D eigenvalue weighted by molar-refractivity contribution is 0.245. The summed E-state index contributed by atoms with van der Waals surface area (Å²) >= 11 is 0. The molecule has 2 amide bonds. The van der Waals surface area contributed by atoms with Gasteiger partial charge in [0.15, 0.2) is 0 Å². The third kappa shape index (κ3) is 2.95. The molecule has 2 aliphatic rings. The third-order valence-corrected chi connectivity index (χ3v) is 4.33. The summed E-state index contributed by atoms with van der Waals surface area (Å²) in [7, 11) is 0. The first-order chi connectivity index (χ1) is 10.8. The summed E-state index contributed by atoms with van der Waals surface area (Å²) in [5.74, 6) is 1.40. The zero-order valence-electron chi connectivity index (χ0n) is 12.3. The SMILES string of the molecule is O=C(Nc1ccc(-n2nccn2)cc1)NC(C1CC1)C1CC1. The summed E-state index contributed by atoms with van der Waals surface area (Å²) in [5.41, 5.74) is 1.64. The number of nitrogens with zero attached hydrogens (tertiary/aromatic N) is 3. The lowest BCUT2D eigenvalue weighted by Crippen LogP contribution is -2.40. The maximum absolute atomic E-state index is 12.1. The molecule has 4 rings (SSSR count). The molecule has 2 N–H and O–H groups in total. The topological polar surface area (TPSA) is 71.8 Å². The van der Waals surface area contributed by atoms with Crippen molar-refractivity contribution in [2.75, 3.05) is 5.32 Å². The number of nitrogens with one attached hydrogen (secondary N) is 2. The first-order valence-corrected chi connectivity index (χ1v) is 7.84. The van der Waals surface area contributed by atoms with E-state index in [0.29, 0.717) is 17.9 Å². The number of benzene rings is 1. The van der Waals surface area contributed by atoms with E-state index in [-0.39, 0.29) is 6.03 Å². The standard InChI is InChI=1S/C16H19N5O/c22-16(20-15(11-1-2-11)12-3-4-12)19-13-5-7-14(8-6-13)21-17-9-10-18-21/h5-12,15H,1-4H2,(H2,19,20,22). The molecule has 6 heteroatoms. The van der Waals surface area contributed by atoms with Crippen LogP contribution in [-0.2, 0) is 0 Å². The zero-order chi connectivity index (χ0) is 14.9. The second-order valence-electron chi connectivity index (χ2n) is 6.16. The second-order valence-corrected chi connectivity index (χ2v) is 6.16. The molecule has 0 radical (unpaired) electrons. The van der Waals surface area contributed by atoms with Gasteiger partial charge in [0, 0.05) is 11.7 Å². The molecule has 0 atom stereocenters. The minimum absolute atomic E-state index is 0.103. The number of hydrogen-bond donors (Lipinski definition) is 2. The van der Waals surface area contributed by atoms with Gasteiger partial charge in [0.25, 0.3) is 0 Å². The molecule has 0 saturated heterocycles. The minimum Gasteiger partial charge on any atom is -0.335 e. The van der Waals surface area contributed by atoms with Crippen molar-refractivity contribution in [1.82, 2.24) is 20.3 Å². The molecule has 0 aliphatic heterocycles. The van der Waals surface area contributed by atoms with Crippen LogP contribution in [-0.4, -0.2) is 27.1 Å². The molecular weight excluding hydrogens is 278 g/mol. The molecular formula is C16H19N5O. The van der Waals surface area contributed by atoms with Gasteiger partial charge in [-0.15, -0.1) is 0 Å². The van der Waals surface area contributed by atoms with Crippen LogP contribution in [0.5, 0.6) is 0 Å². The molecule has 6 nitrogen and oxygen atoms in total. The third-order valence-electron chi connectivity index (χ3n) is 4.33. The Labute approximate surface area is 128 Å². The average Bonchev–Trinajstić information content (AvgIpc) is 3.45. The van der Waals surface area contributed by atoms with Crippen LogP contribution in [0.1, 0.15) is 25.7 Å². The van der Waals surface area contributed by atoms with Crippen molar-refractivity contribution in [2.45, 2.75) is 31.7 Å². The highest BCUT2D eigenvalue weighted by Gasteiger charge is 2.42. The van der Waals surface area contributed by atoms with E-state index in [1.165, 1.54) is 25.7 Å². The van der Waals surface area contributed by atoms with E-state index in [2.05, 4.69) is 20.8 Å². The highest BCUT2D eigenvalue weighted by Crippen LogP contribution is 2.44. The number of aromatic nitrogens is 3. The van der Waals surface area contributed by atoms with Crippen molar-refractivity contribution >= 4 is 11.7 Å². The van der Waals surface area contributed by atoms with E-state index in [1.807, 2.05) is 24.3 Å². The Kier molecular flexibility index (Phi) is 3.29. The fourth-order valence-electron chi connectivity index (χ4n) is 2.88. The van der Waals surface area contributed by atoms with Gasteiger partial charge in [0.2, 0.25) is 0 Å². The van der Waals surface area contributed by atoms with Crippen LogP contribution in [0.15, 0.2) is 36.7 Å². The summed E-state index contributed by atoms with van der Waals surface area (Å²) in [6.07, 6.45) is 8.30. The van der Waals surface area contributed by atoms with Crippen LogP contribution < -0.4 is 10.6 Å². The van der Waals surface area contributed by atoms with E-state index in [0.717, 1.165) is 11.4 Å². The smallest absolute Gasteiger partial charge is 0.319 e. The fourth-order valence-corrected chi connectivity index (χ4v) is 2.88. The lowest BCUT2D eigenvalue weighted by atomic mass is 10.1. The van der Waals surface area contributed by atoms with E-state index in [9.17, 15) is 4.79 Å². The van der Waals surface area contributed by atoms with Gasteiger partial charge in [-0.3, -0.25) is 0 Å². The monoisotopic (exact) mass is 297 g/mol. The van der Waals surface area contributed by atoms with Gasteiger partial charge in [0.1, 0.15) is 0 Å². The summed E-state index contributed by atoms with van der Waals surface area (Å²) in [4.78, 5) is 13.7. The maximum Gasteiger partial charge on any atom is 0.319 e. The summed E-state index contributed by atoms with van der Waals surface area (Å²) in [6, 6.07) is 7.76. The number of urea groups is 1. The van der Waals surface area contributed by atoms with E-state index in [1.54, 1.807) is 17.2 Å². The Morgan fingerprint density at radius 1 is 1.05 bits per heavy atom. The first kappa shape index (κ1) is 13.3. The van der Waals surface area contributed by atoms with Crippen molar-refractivity contribution in [3.63, 3.8) is 0 Å². The number of rotatable bonds is 5. The van der Waals surface area contributed by atoms with Gasteiger partial charge in [-0.1, -0.05) is 0 Å². The van der Waals surface area contributed by atoms with E-state index in [4.69, 9.17) is 0 Å². The average molecular weight is 297 g/mol. The predicted molar refractivity (Wildman–Crippen MR) is 82.7 cm³/mol. The number of anilines is 1. The van der Waals surface area contributed by atoms with E-state index >= 15 is 0 Å². The summed E-state index contributed by atoms with van der Waals surface area (Å²) < 4.78 is 0. The van der Waals surface area contributed by atoms with Crippen molar-refractivity contribution in [3.05, 3.63) is 36.7 Å². The molecule has 2 aliphatic carbocycles. The number of amides is 2. The lowest BCUT2D eigenvalue weighted by Gasteiger charge is -2.18. The Hall–Kier alpha value is -2.37. The normalized spacial score (nSPS) is 17.5. The van der Waals surface area contributed by atoms with Crippen LogP contribution in [0.25, 0.3) is 5.69 Å². The molecule has 2 aromatic rings. The Morgan fingerprint density at radius 3 is 2.18 bits per heavy atom. The van der Waals surface area contributed by atoms with Crippen molar-refractivity contribution in [2.24, 2.45) is 11.8 Å².